The first kappa shape index (κ1) is 111. The maximum absolute atomic E-state index is 11.6. The van der Waals surface area contributed by atoms with Crippen molar-refractivity contribution in [3.63, 3.8) is 0 Å². The second-order valence-electron chi connectivity index (χ2n) is 33.4. The van der Waals surface area contributed by atoms with Crippen LogP contribution in [0.15, 0.2) is 133 Å². The Labute approximate surface area is 865 Å². The smallest absolute Gasteiger partial charge is 0.522 e. The van der Waals surface area contributed by atoms with Crippen LogP contribution >= 0.6 is 58.0 Å². The predicted octanol–water partition coefficient (Wildman–Crippen LogP) is 11.9. The Balaban J connectivity index is 0.000000144. The summed E-state index contributed by atoms with van der Waals surface area (Å²) < 4.78 is 72.8. The van der Waals surface area contributed by atoms with Gasteiger partial charge in [0.25, 0.3) is 0 Å². The number of thiazole rings is 1. The largest absolute Gasteiger partial charge is 0.535 e. The number of unbranched alkanes of at least 4 members (excludes halogenated alkanes) is 1. The SMILES string of the molecule is C#CCOc1ccc2c(c1C(=O)O)OB(O)CC2.CCCCSCc1ccc2c(c1C(=O)O)OB(O)CC2.CCCn1cc(COc2ccc3c(c2C(=O)O)OB(O)CC3)nn1.Cc1nnc(SCc2ccc3c(c2C(=O)O)OB(O)CC3)s1.O=C(O)c1c(CSc2nccs2)ccc2c1OB(O)CC2.O=C(O)c1c(OCC2=CCN=N2)ccc2c1OB(O)CC2.O=C(O)c1c(OCC2OCCO2)ccc2c1OB(O)CC2. The third-order valence-electron chi connectivity index (χ3n) is 23.0. The van der Waals surface area contributed by atoms with Crippen molar-refractivity contribution in [2.45, 2.75) is 175 Å². The number of hydrogen-bond donors (Lipinski definition) is 14. The van der Waals surface area contributed by atoms with Gasteiger partial charge in [0.05, 0.1) is 31.7 Å². The summed E-state index contributed by atoms with van der Waals surface area (Å²) in [6, 6.07) is 24.5. The van der Waals surface area contributed by atoms with Crippen molar-refractivity contribution in [2.75, 3.05) is 45.3 Å². The zero-order chi connectivity index (χ0) is 105. The van der Waals surface area contributed by atoms with E-state index in [0.29, 0.717) is 160 Å². The minimum Gasteiger partial charge on any atom is -0.535 e. The number of aromatic carboxylic acids is 7. The van der Waals surface area contributed by atoms with Crippen LogP contribution in [0.25, 0.3) is 0 Å². The Bertz CT molecular complexity index is 6460. The van der Waals surface area contributed by atoms with Gasteiger partial charge in [-0.05, 0) is 201 Å². The van der Waals surface area contributed by atoms with Crippen LogP contribution < -0.4 is 51.5 Å². The fourth-order valence-electron chi connectivity index (χ4n) is 16.0. The molecule has 0 spiro atoms. The molecule has 0 saturated carbocycles. The van der Waals surface area contributed by atoms with Gasteiger partial charge in [-0.1, -0.05) is 127 Å². The van der Waals surface area contributed by atoms with Gasteiger partial charge in [-0.3, -0.25) is 4.68 Å². The molecule has 19 rings (SSSR count). The fraction of sp³-hybridized carbons (Fsp3) is 0.355. The van der Waals surface area contributed by atoms with E-state index < -0.39 is 97.9 Å². The van der Waals surface area contributed by atoms with Crippen molar-refractivity contribution in [3.05, 3.63) is 220 Å². The van der Waals surface area contributed by atoms with Crippen molar-refractivity contribution >= 4 is 150 Å². The summed E-state index contributed by atoms with van der Waals surface area (Å²) in [6.07, 6.45) is 20.4. The van der Waals surface area contributed by atoms with Gasteiger partial charge >= 0.3 is 91.6 Å². The molecule has 12 heterocycles. The molecule has 0 radical (unpaired) electrons. The number of aromatic nitrogens is 6. The van der Waals surface area contributed by atoms with Gasteiger partial charge in [0.15, 0.2) is 10.6 Å². The molecule has 10 aromatic rings. The molecular formula is C93H101B7N8O34S5. The standard InChI is InChI=1S/C15H18BN3O5.C14H19BO4S.C13H13BN2O5.C13H13BN2O4S2.C13H12BNO4S2.C13H15BO7.C12H11BO5/c1-2-7-19-8-11(17-18-19)9-23-12-4-3-10-5-6-16(22)24-14(10)13(12)15(20)21;1-2-3-8-20-9-11-5-4-10-6-7-15(18)19-13(10)12(11)14(16)17;17-13(18)11-10(20-7-9-4-6-15-16-9)2-1-8-3-5-14(19)21-12(8)11;1-7-15-16-13(22-7)21-6-9-3-2-8-4-5-14(19)20-11(8)10(9)12(17)18;16-12(17)10-9(7-21-13-15-5-6-20-13)2-1-8-3-4-14(18)19-11(8)10;15-13(16)11-9(20-7-10-18-5-6-19-10)2-1-8-3-4-14(17)21-12(8)11;1-2-7-17-9-4-3-8-5-6-13(16)18-11(8)10(9)12(14)15/h3-4,8,22H,2,5-7,9H2,1H3,(H,20,21);4-5,18H,2-3,6-9H2,1H3,(H,16,17);1-2,4,19H,3,5-7H2,(H,17,18);2-3,19H,4-6H2,1H3,(H,17,18);1-2,5-6,18H,3-4,7H2,(H,16,17);1-2,10,17H,3-7H2,(H,15,16);1,3-4,16H,5-7H2,(H,14,15). The van der Waals surface area contributed by atoms with Crippen LogP contribution in [0.2, 0.25) is 44.2 Å². The lowest BCUT2D eigenvalue weighted by molar-refractivity contribution is -0.0686. The Morgan fingerprint density at radius 2 is 0.823 bits per heavy atom. The van der Waals surface area contributed by atoms with Crippen molar-refractivity contribution in [1.29, 1.82) is 0 Å². The molecule has 14 N–H and O–H groups in total. The lowest BCUT2D eigenvalue weighted by atomic mass is 9.78. The number of nitrogens with zero attached hydrogens (tertiary/aromatic N) is 8. The molecule has 3 aromatic heterocycles. The topological polar surface area (TPSA) is 617 Å². The molecule has 1 fully saturated rings. The Morgan fingerprint density at radius 1 is 0.456 bits per heavy atom. The number of azo groups is 1. The maximum atomic E-state index is 11.6. The lowest BCUT2D eigenvalue weighted by Crippen LogP contribution is -2.28. The highest BCUT2D eigenvalue weighted by Crippen LogP contribution is 2.45. The number of benzene rings is 7. The number of rotatable bonds is 31. The highest BCUT2D eigenvalue weighted by Gasteiger charge is 2.39. The molecule has 1 saturated heterocycles. The van der Waals surface area contributed by atoms with Crippen LogP contribution in [0.4, 0.5) is 0 Å². The number of carboxylic acids is 7. The van der Waals surface area contributed by atoms with E-state index in [-0.39, 0.29) is 117 Å². The summed E-state index contributed by atoms with van der Waals surface area (Å²) in [5.74, 6) is -0.467. The number of thioether (sulfide) groups is 3. The van der Waals surface area contributed by atoms with Crippen molar-refractivity contribution in [2.24, 2.45) is 10.2 Å². The van der Waals surface area contributed by atoms with Crippen LogP contribution in [0, 0.1) is 19.3 Å². The monoisotopic (exact) mass is 2110 g/mol. The zero-order valence-electron chi connectivity index (χ0n) is 79.6. The molecule has 0 amide bonds. The number of terminal acetylenes is 1. The number of carbonyl (C=O) groups is 7. The lowest BCUT2D eigenvalue weighted by Gasteiger charge is -2.23. The molecule has 7 aromatic carbocycles. The molecule has 768 valence electrons. The van der Waals surface area contributed by atoms with Crippen LogP contribution in [-0.4, -0.2) is 244 Å². The van der Waals surface area contributed by atoms with E-state index >= 15 is 0 Å². The second-order valence-corrected chi connectivity index (χ2v) is 39.0. The van der Waals surface area contributed by atoms with Crippen molar-refractivity contribution in [3.8, 4) is 75.6 Å². The minimum atomic E-state index is -1.17. The van der Waals surface area contributed by atoms with Crippen LogP contribution in [0.3, 0.4) is 0 Å². The zero-order valence-corrected chi connectivity index (χ0v) is 83.7. The van der Waals surface area contributed by atoms with Crippen LogP contribution in [-0.2, 0) is 84.8 Å². The number of carboxylic acid groups (broad SMARTS) is 7. The first-order valence-electron chi connectivity index (χ1n) is 46.6. The third-order valence-corrected chi connectivity index (χ3v) is 28.1. The highest BCUT2D eigenvalue weighted by molar-refractivity contribution is 8.00. The average molecular weight is 2110 g/mol. The number of hydrogen-bond acceptors (Lipinski definition) is 39. The second kappa shape index (κ2) is 54.1. The van der Waals surface area contributed by atoms with Gasteiger partial charge in [0, 0.05) is 35.4 Å². The molecule has 0 atom stereocenters. The number of ether oxygens (including phenoxy) is 6. The third kappa shape index (κ3) is 30.4. The van der Waals surface area contributed by atoms with Crippen LogP contribution in [0.5, 0.6) is 63.2 Å². The van der Waals surface area contributed by atoms with Crippen molar-refractivity contribution < 1.29 is 165 Å². The minimum absolute atomic E-state index is 0.0262. The van der Waals surface area contributed by atoms with Gasteiger partial charge in [-0.25, -0.2) is 38.5 Å². The molecule has 9 aliphatic heterocycles. The molecule has 0 unspecified atom stereocenters. The van der Waals surface area contributed by atoms with Gasteiger partial charge in [-0.2, -0.15) is 22.0 Å². The summed E-state index contributed by atoms with van der Waals surface area (Å²) in [5.41, 5.74) is 9.06. The average Bonchev–Trinajstić information content (AvgIpc) is 1.69. The molecule has 54 heteroatoms. The maximum Gasteiger partial charge on any atom is 0.522 e. The van der Waals surface area contributed by atoms with Crippen molar-refractivity contribution in [1.82, 2.24) is 30.2 Å². The first-order chi connectivity index (χ1) is 70.8. The molecule has 9 aliphatic rings. The van der Waals surface area contributed by atoms with E-state index in [9.17, 15) is 104 Å². The molecule has 42 nitrogen and oxygen atoms in total. The Morgan fingerprint density at radius 3 is 1.17 bits per heavy atom. The van der Waals surface area contributed by atoms with Gasteiger partial charge in [0.2, 0.25) is 0 Å². The molecule has 147 heavy (non-hydrogen) atoms. The summed E-state index contributed by atoms with van der Waals surface area (Å²) >= 11 is 7.65. The number of fused-ring (bicyclic) bond motifs is 7. The van der Waals surface area contributed by atoms with E-state index in [0.717, 1.165) is 89.8 Å². The number of aryl methyl sites for hydroxylation is 9. The summed E-state index contributed by atoms with van der Waals surface area (Å²) in [5, 5.41) is 159. The quantitative estimate of drug-likeness (QED) is 0.00830. The van der Waals surface area contributed by atoms with Gasteiger partial charge in [-0.15, -0.1) is 33.1 Å². The normalized spacial score (nSPS) is 14.6. The summed E-state index contributed by atoms with van der Waals surface area (Å²) in [6.45, 7) is 8.65. The van der Waals surface area contributed by atoms with Gasteiger partial charge in [0.1, 0.15) is 144 Å². The highest BCUT2D eigenvalue weighted by atomic mass is 32.2. The first-order valence-corrected chi connectivity index (χ1v) is 51.5. The predicted molar refractivity (Wildman–Crippen MR) is 544 cm³/mol. The van der Waals surface area contributed by atoms with E-state index in [1.54, 1.807) is 83.4 Å². The van der Waals surface area contributed by atoms with Gasteiger partial charge < -0.3 is 132 Å². The Hall–Kier alpha value is -13.0. The van der Waals surface area contributed by atoms with E-state index in [1.807, 2.05) is 55.6 Å². The van der Waals surface area contributed by atoms with E-state index in [2.05, 4.69) is 48.6 Å². The molecular weight excluding hydrogens is 2010 g/mol. The van der Waals surface area contributed by atoms with E-state index in [4.69, 9.17) is 67.4 Å². The summed E-state index contributed by atoms with van der Waals surface area (Å²) in [4.78, 5) is 84.8. The fourth-order valence-corrected chi connectivity index (χ4v) is 20.5. The molecule has 0 bridgehead atoms. The molecule has 0 aliphatic carbocycles. The Kier molecular flexibility index (Phi) is 40.9. The van der Waals surface area contributed by atoms with E-state index in [1.165, 1.54) is 46.2 Å². The summed E-state index contributed by atoms with van der Waals surface area (Å²) in [7, 11) is -6.75. The van der Waals surface area contributed by atoms with Crippen LogP contribution in [0.1, 0.15) is 172 Å².